The molecule has 0 N–H and O–H groups in total. The number of rotatable bonds is 5. The van der Waals surface area contributed by atoms with E-state index in [0.29, 0.717) is 5.56 Å². The van der Waals surface area contributed by atoms with Crippen molar-refractivity contribution in [1.82, 2.24) is 0 Å². The number of nitro benzene ring substituents is 2. The Morgan fingerprint density at radius 2 is 1.65 bits per heavy atom. The van der Waals surface area contributed by atoms with Gasteiger partial charge < -0.3 is 0 Å². The van der Waals surface area contributed by atoms with Crippen LogP contribution in [0.1, 0.15) is 15.9 Å². The third-order valence-corrected chi connectivity index (χ3v) is 3.68. The van der Waals surface area contributed by atoms with E-state index >= 15 is 0 Å². The maximum absolute atomic E-state index is 12.0. The van der Waals surface area contributed by atoms with Crippen LogP contribution < -0.4 is 0 Å². The number of nitrogens with zero attached hydrogens (tertiary/aromatic N) is 2. The van der Waals surface area contributed by atoms with E-state index in [2.05, 4.69) is 22.6 Å². The molecule has 0 bridgehead atoms. The molecule has 0 aromatic heterocycles. The lowest BCUT2D eigenvalue weighted by Gasteiger charge is -1.99. The Labute approximate surface area is 144 Å². The Hall–Kier alpha value is -2.62. The van der Waals surface area contributed by atoms with Crippen LogP contribution in [0.4, 0.5) is 11.4 Å². The SMILES string of the molecule is O=C(/C=C/c1ccc([N+](=O)[O-])cc1[N+](=O)[O-])c1ccc(I)cc1. The highest BCUT2D eigenvalue weighted by Gasteiger charge is 2.17. The number of benzene rings is 2. The molecule has 0 amide bonds. The molecule has 23 heavy (non-hydrogen) atoms. The summed E-state index contributed by atoms with van der Waals surface area (Å²) in [5, 5.41) is 21.7. The van der Waals surface area contributed by atoms with Crippen molar-refractivity contribution in [3.8, 4) is 0 Å². The second kappa shape index (κ2) is 7.09. The van der Waals surface area contributed by atoms with E-state index in [0.717, 1.165) is 15.7 Å². The van der Waals surface area contributed by atoms with E-state index in [1.54, 1.807) is 24.3 Å². The topological polar surface area (TPSA) is 103 Å². The molecule has 7 nitrogen and oxygen atoms in total. The molecule has 2 rings (SSSR count). The molecule has 2 aromatic rings. The van der Waals surface area contributed by atoms with Crippen LogP contribution >= 0.6 is 22.6 Å². The van der Waals surface area contributed by atoms with E-state index in [-0.39, 0.29) is 17.0 Å². The summed E-state index contributed by atoms with van der Waals surface area (Å²) in [5.41, 5.74) is -0.227. The lowest BCUT2D eigenvalue weighted by molar-refractivity contribution is -0.394. The molecule has 0 heterocycles. The number of ketones is 1. The van der Waals surface area contributed by atoms with Gasteiger partial charge in [0.05, 0.1) is 21.5 Å². The van der Waals surface area contributed by atoms with Crippen LogP contribution in [-0.2, 0) is 0 Å². The molecule has 0 unspecified atom stereocenters. The van der Waals surface area contributed by atoms with Gasteiger partial charge >= 0.3 is 0 Å². The van der Waals surface area contributed by atoms with Gasteiger partial charge in [-0.2, -0.15) is 0 Å². The van der Waals surface area contributed by atoms with Crippen molar-refractivity contribution in [2.24, 2.45) is 0 Å². The third-order valence-electron chi connectivity index (χ3n) is 2.96. The molecule has 0 fully saturated rings. The molecule has 116 valence electrons. The minimum atomic E-state index is -0.720. The van der Waals surface area contributed by atoms with Gasteiger partial charge in [-0.05, 0) is 52.9 Å². The minimum Gasteiger partial charge on any atom is -0.289 e. The minimum absolute atomic E-state index is 0.125. The summed E-state index contributed by atoms with van der Waals surface area (Å²) in [7, 11) is 0. The summed E-state index contributed by atoms with van der Waals surface area (Å²) in [4.78, 5) is 32.3. The number of nitro groups is 2. The van der Waals surface area contributed by atoms with E-state index in [4.69, 9.17) is 0 Å². The molecule has 8 heteroatoms. The van der Waals surface area contributed by atoms with Crippen molar-refractivity contribution >= 4 is 45.8 Å². The summed E-state index contributed by atoms with van der Waals surface area (Å²) >= 11 is 2.11. The third kappa shape index (κ3) is 4.19. The van der Waals surface area contributed by atoms with Crippen molar-refractivity contribution in [1.29, 1.82) is 0 Å². The first-order valence-corrected chi connectivity index (χ1v) is 7.37. The van der Waals surface area contributed by atoms with E-state index in [1.165, 1.54) is 18.2 Å². The Balaban J connectivity index is 2.31. The van der Waals surface area contributed by atoms with Crippen LogP contribution in [0, 0.1) is 23.8 Å². The highest BCUT2D eigenvalue weighted by Crippen LogP contribution is 2.25. The maximum Gasteiger partial charge on any atom is 0.283 e. The first-order valence-electron chi connectivity index (χ1n) is 6.29. The first kappa shape index (κ1) is 16.7. The van der Waals surface area contributed by atoms with Gasteiger partial charge in [-0.3, -0.25) is 25.0 Å². The zero-order valence-electron chi connectivity index (χ0n) is 11.5. The van der Waals surface area contributed by atoms with Gasteiger partial charge in [0.25, 0.3) is 11.4 Å². The number of hydrogen-bond acceptors (Lipinski definition) is 5. The second-order valence-corrected chi connectivity index (χ2v) is 5.71. The smallest absolute Gasteiger partial charge is 0.283 e. The molecule has 0 saturated heterocycles. The van der Waals surface area contributed by atoms with Crippen LogP contribution in [0.15, 0.2) is 48.5 Å². The number of carbonyl (C=O) groups is 1. The molecular formula is C15H9IN2O5. The Kier molecular flexibility index (Phi) is 5.16. The monoisotopic (exact) mass is 424 g/mol. The quantitative estimate of drug-likeness (QED) is 0.237. The van der Waals surface area contributed by atoms with E-state index in [1.807, 2.05) is 0 Å². The summed E-state index contributed by atoms with van der Waals surface area (Å²) in [6, 6.07) is 10.1. The fraction of sp³-hybridized carbons (Fsp3) is 0. The van der Waals surface area contributed by atoms with Gasteiger partial charge in [0.1, 0.15) is 0 Å². The Bertz CT molecular complexity index is 815. The Morgan fingerprint density at radius 1 is 1.00 bits per heavy atom. The summed E-state index contributed by atoms with van der Waals surface area (Å²) in [6.07, 6.45) is 2.48. The molecule has 0 atom stereocenters. The number of hydrogen-bond donors (Lipinski definition) is 0. The van der Waals surface area contributed by atoms with Crippen molar-refractivity contribution in [2.45, 2.75) is 0 Å². The van der Waals surface area contributed by atoms with Crippen molar-refractivity contribution in [3.05, 3.63) is 83.5 Å². The highest BCUT2D eigenvalue weighted by atomic mass is 127. The number of allylic oxidation sites excluding steroid dienone is 1. The number of non-ortho nitro benzene ring substituents is 1. The van der Waals surface area contributed by atoms with Gasteiger partial charge in [0, 0.05) is 15.2 Å². The van der Waals surface area contributed by atoms with Crippen molar-refractivity contribution in [3.63, 3.8) is 0 Å². The maximum atomic E-state index is 12.0. The normalized spacial score (nSPS) is 10.7. The molecule has 0 aliphatic rings. The van der Waals surface area contributed by atoms with Crippen LogP contribution in [-0.4, -0.2) is 15.6 Å². The molecule has 0 spiro atoms. The number of carbonyl (C=O) groups excluding carboxylic acids is 1. The Morgan fingerprint density at radius 3 is 2.22 bits per heavy atom. The van der Waals surface area contributed by atoms with Crippen LogP contribution in [0.3, 0.4) is 0 Å². The fourth-order valence-corrected chi connectivity index (χ4v) is 2.18. The lowest BCUT2D eigenvalue weighted by atomic mass is 10.1. The fourth-order valence-electron chi connectivity index (χ4n) is 1.82. The molecule has 0 aliphatic carbocycles. The average molecular weight is 424 g/mol. The molecule has 0 saturated carbocycles. The van der Waals surface area contributed by atoms with Crippen LogP contribution in [0.5, 0.6) is 0 Å². The molecule has 0 radical (unpaired) electrons. The van der Waals surface area contributed by atoms with Crippen molar-refractivity contribution < 1.29 is 14.6 Å². The average Bonchev–Trinajstić information content (AvgIpc) is 2.52. The largest absolute Gasteiger partial charge is 0.289 e. The first-order chi connectivity index (χ1) is 10.9. The van der Waals surface area contributed by atoms with Gasteiger partial charge in [0.15, 0.2) is 5.78 Å². The van der Waals surface area contributed by atoms with Gasteiger partial charge in [-0.1, -0.05) is 12.1 Å². The summed E-state index contributed by atoms with van der Waals surface area (Å²) in [5.74, 6) is -0.311. The predicted molar refractivity (Wildman–Crippen MR) is 92.3 cm³/mol. The standard InChI is InChI=1S/C15H9IN2O5/c16-12-5-1-11(2-6-12)15(19)8-4-10-3-7-13(17(20)21)9-14(10)18(22)23/h1-9H/b8-4+. The zero-order valence-corrected chi connectivity index (χ0v) is 13.7. The predicted octanol–water partition coefficient (Wildman–Crippen LogP) is 4.00. The van der Waals surface area contributed by atoms with Gasteiger partial charge in [-0.15, -0.1) is 0 Å². The van der Waals surface area contributed by atoms with Gasteiger partial charge in [0.2, 0.25) is 0 Å². The van der Waals surface area contributed by atoms with E-state index in [9.17, 15) is 25.0 Å². The molecule has 0 aliphatic heterocycles. The molecular weight excluding hydrogens is 415 g/mol. The zero-order chi connectivity index (χ0) is 17.0. The van der Waals surface area contributed by atoms with E-state index < -0.39 is 15.5 Å². The second-order valence-electron chi connectivity index (χ2n) is 4.46. The van der Waals surface area contributed by atoms with Crippen molar-refractivity contribution in [2.75, 3.05) is 0 Å². The van der Waals surface area contributed by atoms with Gasteiger partial charge in [-0.25, -0.2) is 0 Å². The number of halogens is 1. The van der Waals surface area contributed by atoms with Crippen LogP contribution in [0.2, 0.25) is 0 Å². The highest BCUT2D eigenvalue weighted by molar-refractivity contribution is 14.1. The molecule has 2 aromatic carbocycles. The lowest BCUT2D eigenvalue weighted by Crippen LogP contribution is -1.96. The summed E-state index contributed by atoms with van der Waals surface area (Å²) in [6.45, 7) is 0. The summed E-state index contributed by atoms with van der Waals surface area (Å²) < 4.78 is 0.981. The van der Waals surface area contributed by atoms with Crippen LogP contribution in [0.25, 0.3) is 6.08 Å².